The fraction of sp³-hybridized carbons (Fsp3) is 0.417. The molecule has 1 saturated heterocycles. The van der Waals surface area contributed by atoms with Crippen LogP contribution in [0.1, 0.15) is 6.42 Å². The van der Waals surface area contributed by atoms with Crippen LogP contribution in [0.3, 0.4) is 0 Å². The molecule has 1 aliphatic rings. The first-order valence-corrected chi connectivity index (χ1v) is 7.75. The topological polar surface area (TPSA) is 110 Å². The van der Waals surface area contributed by atoms with E-state index in [2.05, 4.69) is 0 Å². The summed E-state index contributed by atoms with van der Waals surface area (Å²) in [5.41, 5.74) is 6.36. The fourth-order valence-electron chi connectivity index (χ4n) is 2.21. The number of rotatable bonds is 2. The number of benzene rings is 1. The predicted octanol–water partition coefficient (Wildman–Crippen LogP) is -0.415. The summed E-state index contributed by atoms with van der Waals surface area (Å²) in [6.07, 6.45) is 0.761. The quantitative estimate of drug-likeness (QED) is 0.721. The van der Waals surface area contributed by atoms with Gasteiger partial charge in [0.1, 0.15) is 4.90 Å². The van der Waals surface area contributed by atoms with Crippen LogP contribution in [0.2, 0.25) is 0 Å². The molecule has 0 atom stereocenters. The van der Waals surface area contributed by atoms with Crippen molar-refractivity contribution >= 4 is 27.3 Å². The van der Waals surface area contributed by atoms with Gasteiger partial charge in [-0.3, -0.25) is 4.79 Å². The second-order valence-electron chi connectivity index (χ2n) is 4.86. The van der Waals surface area contributed by atoms with E-state index in [4.69, 9.17) is 10.9 Å². The number of sulfonamides is 1. The number of hydrogen-bond acceptors (Lipinski definition) is 5. The van der Waals surface area contributed by atoms with Crippen molar-refractivity contribution in [3.63, 3.8) is 0 Å². The monoisotopic (exact) mass is 298 g/mol. The molecule has 1 aromatic carbocycles. The molecule has 4 N–H and O–H groups in total. The van der Waals surface area contributed by atoms with Gasteiger partial charge in [0.25, 0.3) is 0 Å². The van der Waals surface area contributed by atoms with E-state index in [1.54, 1.807) is 29.0 Å². The second-order valence-corrected chi connectivity index (χ2v) is 6.39. The Morgan fingerprint density at radius 3 is 2.60 bits per heavy atom. The highest BCUT2D eigenvalue weighted by atomic mass is 32.2. The number of anilines is 2. The van der Waals surface area contributed by atoms with E-state index in [1.807, 2.05) is 0 Å². The number of hydrogen-bond donors (Lipinski definition) is 2. The standard InChI is InChI=1S/C12H18N4O3S/c1-15-5-2-6-16(8-12(15)17)10-4-3-9(13)7-11(10)20(14,18)19/h3-4,7H,2,5-6,8,13H2,1H3,(H2,14,18,19). The van der Waals surface area contributed by atoms with Gasteiger partial charge in [-0.2, -0.15) is 0 Å². The van der Waals surface area contributed by atoms with Crippen LogP contribution in [-0.2, 0) is 14.8 Å². The smallest absolute Gasteiger partial charge is 0.241 e. The van der Waals surface area contributed by atoms with E-state index in [-0.39, 0.29) is 17.3 Å². The highest BCUT2D eigenvalue weighted by Crippen LogP contribution is 2.27. The third-order valence-electron chi connectivity index (χ3n) is 3.30. The van der Waals surface area contributed by atoms with Crippen LogP contribution in [0.15, 0.2) is 23.1 Å². The molecule has 0 saturated carbocycles. The summed E-state index contributed by atoms with van der Waals surface area (Å²) in [4.78, 5) is 15.2. The molecule has 20 heavy (non-hydrogen) atoms. The van der Waals surface area contributed by atoms with Crippen molar-refractivity contribution in [3.05, 3.63) is 18.2 Å². The minimum Gasteiger partial charge on any atom is -0.399 e. The maximum atomic E-state index is 11.9. The summed E-state index contributed by atoms with van der Waals surface area (Å²) in [5, 5.41) is 5.23. The summed E-state index contributed by atoms with van der Waals surface area (Å²) in [6, 6.07) is 4.51. The zero-order valence-corrected chi connectivity index (χ0v) is 12.1. The maximum Gasteiger partial charge on any atom is 0.241 e. The number of carbonyl (C=O) groups is 1. The van der Waals surface area contributed by atoms with E-state index >= 15 is 0 Å². The van der Waals surface area contributed by atoms with Crippen molar-refractivity contribution in [2.45, 2.75) is 11.3 Å². The molecule has 1 aromatic rings. The van der Waals surface area contributed by atoms with Gasteiger partial charge in [-0.05, 0) is 24.6 Å². The summed E-state index contributed by atoms with van der Waals surface area (Å²) >= 11 is 0. The van der Waals surface area contributed by atoms with Crippen molar-refractivity contribution in [1.29, 1.82) is 0 Å². The zero-order valence-electron chi connectivity index (χ0n) is 11.2. The molecule has 0 unspecified atom stereocenters. The number of nitrogens with zero attached hydrogens (tertiary/aromatic N) is 2. The largest absolute Gasteiger partial charge is 0.399 e. The predicted molar refractivity (Wildman–Crippen MR) is 76.7 cm³/mol. The Kier molecular flexibility index (Phi) is 3.87. The first-order chi connectivity index (χ1) is 9.29. The van der Waals surface area contributed by atoms with Crippen molar-refractivity contribution in [3.8, 4) is 0 Å². The number of nitrogens with two attached hydrogens (primary N) is 2. The molecule has 1 aliphatic heterocycles. The van der Waals surface area contributed by atoms with E-state index < -0.39 is 10.0 Å². The molecule has 2 rings (SSSR count). The van der Waals surface area contributed by atoms with Crippen LogP contribution in [0, 0.1) is 0 Å². The number of amides is 1. The van der Waals surface area contributed by atoms with Crippen LogP contribution in [0.25, 0.3) is 0 Å². The van der Waals surface area contributed by atoms with Gasteiger partial charge in [0.2, 0.25) is 15.9 Å². The maximum absolute atomic E-state index is 11.9. The number of nitrogen functional groups attached to an aromatic ring is 1. The molecule has 7 nitrogen and oxygen atoms in total. The zero-order chi connectivity index (χ0) is 14.9. The molecule has 1 heterocycles. The minimum atomic E-state index is -3.89. The van der Waals surface area contributed by atoms with Gasteiger partial charge in [-0.1, -0.05) is 0 Å². The molecule has 0 spiro atoms. The number of likely N-dealkylation sites (N-methyl/N-ethyl adjacent to an activating group) is 1. The molecule has 1 amide bonds. The number of carbonyl (C=O) groups excluding carboxylic acids is 1. The third-order valence-corrected chi connectivity index (χ3v) is 4.24. The molecule has 110 valence electrons. The first kappa shape index (κ1) is 14.6. The van der Waals surface area contributed by atoms with Gasteiger partial charge in [0.05, 0.1) is 12.2 Å². The number of primary sulfonamides is 1. The van der Waals surface area contributed by atoms with Gasteiger partial charge in [0, 0.05) is 25.8 Å². The molecule has 1 fully saturated rings. The Labute approximate surface area is 118 Å². The summed E-state index contributed by atoms with van der Waals surface area (Å²) in [5.74, 6) is -0.0558. The molecule has 0 bridgehead atoms. The van der Waals surface area contributed by atoms with Gasteiger partial charge >= 0.3 is 0 Å². The van der Waals surface area contributed by atoms with E-state index in [0.29, 0.717) is 24.5 Å². The molecule has 0 aromatic heterocycles. The minimum absolute atomic E-state index is 0.0464. The van der Waals surface area contributed by atoms with Crippen LogP contribution >= 0.6 is 0 Å². The second kappa shape index (κ2) is 5.29. The van der Waals surface area contributed by atoms with Crippen LogP contribution in [-0.4, -0.2) is 45.9 Å². The van der Waals surface area contributed by atoms with Crippen LogP contribution < -0.4 is 15.8 Å². The third kappa shape index (κ3) is 3.02. The van der Waals surface area contributed by atoms with E-state index in [0.717, 1.165) is 6.42 Å². The van der Waals surface area contributed by atoms with E-state index in [9.17, 15) is 13.2 Å². The lowest BCUT2D eigenvalue weighted by atomic mass is 10.2. The fourth-order valence-corrected chi connectivity index (χ4v) is 3.00. The lowest BCUT2D eigenvalue weighted by Crippen LogP contribution is -2.35. The van der Waals surface area contributed by atoms with Crippen molar-refractivity contribution in [1.82, 2.24) is 4.90 Å². The summed E-state index contributed by atoms with van der Waals surface area (Å²) in [7, 11) is -2.16. The van der Waals surface area contributed by atoms with Crippen LogP contribution in [0.5, 0.6) is 0 Å². The van der Waals surface area contributed by atoms with Gasteiger partial charge in [0.15, 0.2) is 0 Å². The first-order valence-electron chi connectivity index (χ1n) is 6.20. The summed E-state index contributed by atoms with van der Waals surface area (Å²) in [6.45, 7) is 1.36. The van der Waals surface area contributed by atoms with Crippen molar-refractivity contribution in [2.75, 3.05) is 37.3 Å². The van der Waals surface area contributed by atoms with Gasteiger partial charge in [-0.25, -0.2) is 13.6 Å². The Bertz CT molecular complexity index is 630. The Morgan fingerprint density at radius 1 is 1.25 bits per heavy atom. The van der Waals surface area contributed by atoms with Crippen molar-refractivity contribution < 1.29 is 13.2 Å². The normalized spacial score (nSPS) is 17.2. The lowest BCUT2D eigenvalue weighted by molar-refractivity contribution is -0.127. The Balaban J connectivity index is 2.44. The molecular weight excluding hydrogens is 280 g/mol. The van der Waals surface area contributed by atoms with E-state index in [1.165, 1.54) is 6.07 Å². The van der Waals surface area contributed by atoms with Gasteiger partial charge in [-0.15, -0.1) is 0 Å². The van der Waals surface area contributed by atoms with Crippen LogP contribution in [0.4, 0.5) is 11.4 Å². The molecular formula is C12H18N4O3S. The average molecular weight is 298 g/mol. The Hall–Kier alpha value is -1.80. The lowest BCUT2D eigenvalue weighted by Gasteiger charge is -2.24. The average Bonchev–Trinajstić information content (AvgIpc) is 2.51. The van der Waals surface area contributed by atoms with Gasteiger partial charge < -0.3 is 15.5 Å². The summed E-state index contributed by atoms with van der Waals surface area (Å²) < 4.78 is 23.4. The Morgan fingerprint density at radius 2 is 1.95 bits per heavy atom. The van der Waals surface area contributed by atoms with Crippen molar-refractivity contribution in [2.24, 2.45) is 5.14 Å². The SMILES string of the molecule is CN1CCCN(c2ccc(N)cc2S(N)(=O)=O)CC1=O. The molecule has 0 aliphatic carbocycles. The molecule has 8 heteroatoms. The highest BCUT2D eigenvalue weighted by molar-refractivity contribution is 7.89. The highest BCUT2D eigenvalue weighted by Gasteiger charge is 2.24. The molecule has 0 radical (unpaired) electrons.